The first-order chi connectivity index (χ1) is 14.2. The second-order valence-corrected chi connectivity index (χ2v) is 10.4. The molecule has 0 radical (unpaired) electrons. The van der Waals surface area contributed by atoms with Crippen LogP contribution in [0.25, 0.3) is 0 Å². The first-order valence-corrected chi connectivity index (χ1v) is 12.8. The van der Waals surface area contributed by atoms with Gasteiger partial charge in [0, 0.05) is 13.0 Å². The number of amides is 1. The number of esters is 1. The highest BCUT2D eigenvalue weighted by atomic mass is 32.2. The molecule has 1 N–H and O–H groups in total. The number of hydrogen-bond acceptors (Lipinski definition) is 9. The lowest BCUT2D eigenvalue weighted by molar-refractivity contribution is -0.137. The maximum Gasteiger partial charge on any atom is 0.316 e. The number of thioether (sulfide) groups is 1. The number of methoxy groups -OCH3 is 1. The van der Waals surface area contributed by atoms with Gasteiger partial charge in [-0.3, -0.25) is 13.9 Å². The summed E-state index contributed by atoms with van der Waals surface area (Å²) >= 11 is 2.32. The molecule has 30 heavy (non-hydrogen) atoms. The monoisotopic (exact) mass is 472 g/mol. The zero-order valence-corrected chi connectivity index (χ0v) is 19.4. The molecule has 0 aliphatic heterocycles. The van der Waals surface area contributed by atoms with Gasteiger partial charge in [0.05, 0.1) is 24.8 Å². The van der Waals surface area contributed by atoms with Crippen molar-refractivity contribution in [1.82, 2.24) is 10.2 Å². The molecule has 2 aromatic rings. The number of anilines is 2. The van der Waals surface area contributed by atoms with Crippen LogP contribution in [0.5, 0.6) is 0 Å². The number of sulfonamides is 1. The first kappa shape index (κ1) is 24.1. The minimum atomic E-state index is -3.47. The van der Waals surface area contributed by atoms with Crippen LogP contribution >= 0.6 is 23.1 Å². The summed E-state index contributed by atoms with van der Waals surface area (Å²) in [6, 6.07) is 7.33. The second-order valence-electron chi connectivity index (χ2n) is 6.24. The molecule has 9 nitrogen and oxygen atoms in total. The number of carbonyl (C=O) groups is 2. The van der Waals surface area contributed by atoms with Crippen molar-refractivity contribution in [3.8, 4) is 0 Å². The van der Waals surface area contributed by atoms with E-state index in [0.29, 0.717) is 21.6 Å². The Hall–Kier alpha value is -2.18. The number of ether oxygens (including phenoxy) is 1. The average Bonchev–Trinajstić information content (AvgIpc) is 3.15. The van der Waals surface area contributed by atoms with E-state index in [4.69, 9.17) is 0 Å². The van der Waals surface area contributed by atoms with Gasteiger partial charge in [-0.25, -0.2) is 8.42 Å². The minimum absolute atomic E-state index is 0.111. The number of nitrogens with zero attached hydrogens (tertiary/aromatic N) is 3. The highest BCUT2D eigenvalue weighted by molar-refractivity contribution is 8.01. The lowest BCUT2D eigenvalue weighted by Crippen LogP contribution is -2.31. The van der Waals surface area contributed by atoms with Crippen LogP contribution in [-0.4, -0.2) is 56.2 Å². The zero-order valence-electron chi connectivity index (χ0n) is 17.0. The molecule has 2 rings (SSSR count). The zero-order chi connectivity index (χ0) is 22.1. The van der Waals surface area contributed by atoms with Crippen LogP contribution in [0.2, 0.25) is 0 Å². The standard InChI is InChI=1S/C18H24N4O5S3/c1-4-13-7-9-14(10-8-13)22(30(3,25)26)11-5-6-15(23)19-17-20-21-18(29-17)28-12-16(24)27-2/h7-10H,4-6,11-12H2,1-3H3,(H,19,20,23). The number of nitrogens with one attached hydrogen (secondary N) is 1. The van der Waals surface area contributed by atoms with Gasteiger partial charge >= 0.3 is 5.97 Å². The Morgan fingerprint density at radius 1 is 1.23 bits per heavy atom. The van der Waals surface area contributed by atoms with E-state index in [2.05, 4.69) is 20.3 Å². The van der Waals surface area contributed by atoms with Crippen LogP contribution in [0.4, 0.5) is 10.8 Å². The molecule has 0 aliphatic rings. The molecule has 164 valence electrons. The van der Waals surface area contributed by atoms with Gasteiger partial charge in [0.2, 0.25) is 21.1 Å². The van der Waals surface area contributed by atoms with Crippen molar-refractivity contribution in [3.05, 3.63) is 29.8 Å². The topological polar surface area (TPSA) is 119 Å². The Labute approximate surface area is 184 Å². The van der Waals surface area contributed by atoms with E-state index in [-0.39, 0.29) is 30.6 Å². The Kier molecular flexibility index (Phi) is 9.06. The van der Waals surface area contributed by atoms with Gasteiger partial charge in [-0.2, -0.15) is 0 Å². The number of rotatable bonds is 11. The van der Waals surface area contributed by atoms with E-state index in [9.17, 15) is 18.0 Å². The quantitative estimate of drug-likeness (QED) is 0.301. The van der Waals surface area contributed by atoms with Crippen molar-refractivity contribution in [1.29, 1.82) is 0 Å². The van der Waals surface area contributed by atoms with Gasteiger partial charge in [-0.15, -0.1) is 10.2 Å². The molecule has 0 saturated heterocycles. The number of carbonyl (C=O) groups excluding carboxylic acids is 2. The minimum Gasteiger partial charge on any atom is -0.468 e. The summed E-state index contributed by atoms with van der Waals surface area (Å²) < 4.78 is 30.7. The molecule has 0 saturated carbocycles. The van der Waals surface area contributed by atoms with Crippen molar-refractivity contribution in [2.75, 3.05) is 35.3 Å². The SMILES string of the molecule is CCc1ccc(N(CCCC(=O)Nc2nnc(SCC(=O)OC)s2)S(C)(=O)=O)cc1. The Morgan fingerprint density at radius 3 is 2.53 bits per heavy atom. The highest BCUT2D eigenvalue weighted by Crippen LogP contribution is 2.25. The Bertz CT molecular complexity index is 960. The maximum atomic E-state index is 12.2. The molecule has 1 heterocycles. The molecule has 1 amide bonds. The lowest BCUT2D eigenvalue weighted by atomic mass is 10.1. The van der Waals surface area contributed by atoms with Crippen molar-refractivity contribution < 1.29 is 22.7 Å². The van der Waals surface area contributed by atoms with Crippen LogP contribution in [0.1, 0.15) is 25.3 Å². The van der Waals surface area contributed by atoms with E-state index in [1.165, 1.54) is 23.2 Å². The van der Waals surface area contributed by atoms with Crippen LogP contribution in [-0.2, 0) is 30.8 Å². The molecule has 0 fully saturated rings. The van der Waals surface area contributed by atoms with Crippen LogP contribution in [0.3, 0.4) is 0 Å². The fourth-order valence-electron chi connectivity index (χ4n) is 2.45. The predicted octanol–water partition coefficient (Wildman–Crippen LogP) is 2.55. The van der Waals surface area contributed by atoms with E-state index >= 15 is 0 Å². The smallest absolute Gasteiger partial charge is 0.316 e. The fourth-order valence-corrected chi connectivity index (χ4v) is 5.01. The molecular formula is C18H24N4O5S3. The van der Waals surface area contributed by atoms with E-state index in [1.807, 2.05) is 19.1 Å². The molecule has 12 heteroatoms. The fraction of sp³-hybridized carbons (Fsp3) is 0.444. The van der Waals surface area contributed by atoms with Crippen molar-refractivity contribution >= 4 is 55.8 Å². The third-order valence-electron chi connectivity index (χ3n) is 3.99. The number of hydrogen-bond donors (Lipinski definition) is 1. The van der Waals surface area contributed by atoms with Gasteiger partial charge in [0.15, 0.2) is 4.34 Å². The Balaban J connectivity index is 1.87. The van der Waals surface area contributed by atoms with Gasteiger partial charge in [0.1, 0.15) is 0 Å². The van der Waals surface area contributed by atoms with Crippen LogP contribution in [0, 0.1) is 0 Å². The lowest BCUT2D eigenvalue weighted by Gasteiger charge is -2.22. The largest absolute Gasteiger partial charge is 0.468 e. The number of benzene rings is 1. The van der Waals surface area contributed by atoms with Gasteiger partial charge in [-0.1, -0.05) is 42.2 Å². The van der Waals surface area contributed by atoms with Crippen molar-refractivity contribution in [2.45, 2.75) is 30.5 Å². The molecule has 0 unspecified atom stereocenters. The number of aryl methyl sites for hydroxylation is 1. The van der Waals surface area contributed by atoms with Crippen molar-refractivity contribution in [2.24, 2.45) is 0 Å². The molecule has 1 aromatic carbocycles. The molecule has 0 bridgehead atoms. The summed E-state index contributed by atoms with van der Waals surface area (Å²) in [7, 11) is -2.16. The molecule has 0 aliphatic carbocycles. The third kappa shape index (κ3) is 7.58. The second kappa shape index (κ2) is 11.3. The normalized spacial score (nSPS) is 11.2. The highest BCUT2D eigenvalue weighted by Gasteiger charge is 2.18. The summed E-state index contributed by atoms with van der Waals surface area (Å²) in [6.07, 6.45) is 2.49. The summed E-state index contributed by atoms with van der Waals surface area (Å²) in [5.74, 6) is -0.550. The summed E-state index contributed by atoms with van der Waals surface area (Å²) in [4.78, 5) is 23.3. The van der Waals surface area contributed by atoms with Gasteiger partial charge in [-0.05, 0) is 30.5 Å². The van der Waals surface area contributed by atoms with E-state index < -0.39 is 10.0 Å². The van der Waals surface area contributed by atoms with Gasteiger partial charge < -0.3 is 10.1 Å². The van der Waals surface area contributed by atoms with Crippen LogP contribution in [0.15, 0.2) is 28.6 Å². The van der Waals surface area contributed by atoms with E-state index in [1.54, 1.807) is 12.1 Å². The van der Waals surface area contributed by atoms with Crippen molar-refractivity contribution in [3.63, 3.8) is 0 Å². The molecular weight excluding hydrogens is 448 g/mol. The molecule has 1 aromatic heterocycles. The predicted molar refractivity (Wildman–Crippen MR) is 119 cm³/mol. The summed E-state index contributed by atoms with van der Waals surface area (Å²) in [5, 5.41) is 10.7. The van der Waals surface area contributed by atoms with Gasteiger partial charge in [0.25, 0.3) is 0 Å². The molecule has 0 atom stereocenters. The maximum absolute atomic E-state index is 12.2. The van der Waals surface area contributed by atoms with Crippen LogP contribution < -0.4 is 9.62 Å². The molecule has 0 spiro atoms. The number of aromatic nitrogens is 2. The average molecular weight is 473 g/mol. The Morgan fingerprint density at radius 2 is 1.93 bits per heavy atom. The first-order valence-electron chi connectivity index (χ1n) is 9.12. The summed E-state index contributed by atoms with van der Waals surface area (Å²) in [5.41, 5.74) is 1.69. The third-order valence-corrected chi connectivity index (χ3v) is 7.13. The summed E-state index contributed by atoms with van der Waals surface area (Å²) in [6.45, 7) is 2.22. The van der Waals surface area contributed by atoms with E-state index in [0.717, 1.165) is 29.6 Å².